The highest BCUT2D eigenvalue weighted by atomic mass is 16.1. The van der Waals surface area contributed by atoms with Crippen LogP contribution in [0.2, 0.25) is 0 Å². The molecule has 0 aliphatic rings. The molecule has 1 aromatic rings. The van der Waals surface area contributed by atoms with Crippen molar-refractivity contribution >= 4 is 11.7 Å². The Balaban J connectivity index is 2.58. The maximum atomic E-state index is 11.2. The van der Waals surface area contributed by atoms with Crippen LogP contribution in [0.15, 0.2) is 18.3 Å². The minimum absolute atomic E-state index is 0.301. The van der Waals surface area contributed by atoms with Crippen LogP contribution in [0.4, 0.5) is 5.82 Å². The molecule has 1 unspecified atom stereocenters. The van der Waals surface area contributed by atoms with E-state index in [2.05, 4.69) is 24.1 Å². The second-order valence-corrected chi connectivity index (χ2v) is 4.30. The number of nitrogens with two attached hydrogens (primary N) is 1. The summed E-state index contributed by atoms with van der Waals surface area (Å²) in [6.45, 7) is 4.27. The minimum Gasteiger partial charge on any atom is -0.367 e. The van der Waals surface area contributed by atoms with Crippen molar-refractivity contribution in [1.29, 1.82) is 0 Å². The van der Waals surface area contributed by atoms with Gasteiger partial charge >= 0.3 is 0 Å². The van der Waals surface area contributed by atoms with Crippen molar-refractivity contribution in [2.75, 3.05) is 5.32 Å². The van der Waals surface area contributed by atoms with Crippen LogP contribution in [-0.4, -0.2) is 16.9 Å². The first-order chi connectivity index (χ1) is 8.15. The van der Waals surface area contributed by atoms with Crippen molar-refractivity contribution in [1.82, 2.24) is 4.98 Å². The molecule has 0 aliphatic heterocycles. The van der Waals surface area contributed by atoms with Crippen LogP contribution in [-0.2, 0) is 0 Å². The molecule has 0 saturated heterocycles. The Morgan fingerprint density at radius 2 is 2.29 bits per heavy atom. The van der Waals surface area contributed by atoms with Gasteiger partial charge in [-0.1, -0.05) is 26.2 Å². The molecule has 1 rings (SSSR count). The van der Waals surface area contributed by atoms with E-state index in [1.165, 1.54) is 19.3 Å². The largest absolute Gasteiger partial charge is 0.367 e. The average Bonchev–Trinajstić information content (AvgIpc) is 2.29. The fourth-order valence-corrected chi connectivity index (χ4v) is 1.73. The van der Waals surface area contributed by atoms with Gasteiger partial charge in [-0.3, -0.25) is 4.79 Å². The number of anilines is 1. The molecule has 17 heavy (non-hydrogen) atoms. The summed E-state index contributed by atoms with van der Waals surface area (Å²) in [6, 6.07) is 3.71. The van der Waals surface area contributed by atoms with Crippen LogP contribution < -0.4 is 11.1 Å². The van der Waals surface area contributed by atoms with Crippen LogP contribution in [0.3, 0.4) is 0 Å². The summed E-state index contributed by atoms with van der Waals surface area (Å²) in [4.78, 5) is 15.4. The predicted octanol–water partition coefficient (Wildman–Crippen LogP) is 2.56. The highest BCUT2D eigenvalue weighted by Gasteiger charge is 2.10. The van der Waals surface area contributed by atoms with Gasteiger partial charge in [0, 0.05) is 12.2 Å². The number of carbonyl (C=O) groups is 1. The zero-order chi connectivity index (χ0) is 12.7. The van der Waals surface area contributed by atoms with E-state index >= 15 is 0 Å². The number of rotatable bonds is 7. The number of pyridine rings is 1. The van der Waals surface area contributed by atoms with Gasteiger partial charge in [0.15, 0.2) is 0 Å². The van der Waals surface area contributed by atoms with Crippen LogP contribution in [0, 0.1) is 0 Å². The number of primary amides is 1. The molecule has 94 valence electrons. The second kappa shape index (κ2) is 6.89. The molecule has 4 heteroatoms. The SMILES string of the molecule is CCCCCC(C)Nc1ncccc1C(N)=O. The summed E-state index contributed by atoms with van der Waals surface area (Å²) in [6.07, 6.45) is 6.36. The molecule has 1 heterocycles. The number of nitrogens with one attached hydrogen (secondary N) is 1. The highest BCUT2D eigenvalue weighted by Crippen LogP contribution is 2.14. The van der Waals surface area contributed by atoms with Gasteiger partial charge in [-0.25, -0.2) is 4.98 Å². The number of carbonyl (C=O) groups excluding carboxylic acids is 1. The third-order valence-corrected chi connectivity index (χ3v) is 2.70. The Kier molecular flexibility index (Phi) is 5.46. The Morgan fingerprint density at radius 3 is 2.94 bits per heavy atom. The van der Waals surface area contributed by atoms with Gasteiger partial charge in [0.2, 0.25) is 0 Å². The molecule has 3 N–H and O–H groups in total. The van der Waals surface area contributed by atoms with Gasteiger partial charge in [-0.2, -0.15) is 0 Å². The Hall–Kier alpha value is -1.58. The van der Waals surface area contributed by atoms with E-state index in [0.717, 1.165) is 6.42 Å². The Labute approximate surface area is 103 Å². The quantitative estimate of drug-likeness (QED) is 0.714. The zero-order valence-corrected chi connectivity index (χ0v) is 10.6. The van der Waals surface area contributed by atoms with Gasteiger partial charge in [0.25, 0.3) is 5.91 Å². The first-order valence-electron chi connectivity index (χ1n) is 6.16. The molecule has 0 aliphatic carbocycles. The topological polar surface area (TPSA) is 68.0 Å². The number of amides is 1. The van der Waals surface area contributed by atoms with Crippen molar-refractivity contribution in [2.24, 2.45) is 5.73 Å². The predicted molar refractivity (Wildman–Crippen MR) is 70.0 cm³/mol. The summed E-state index contributed by atoms with van der Waals surface area (Å²) >= 11 is 0. The molecular formula is C13H21N3O. The number of unbranched alkanes of at least 4 members (excludes halogenated alkanes) is 2. The standard InChI is InChI=1S/C13H21N3O/c1-3-4-5-7-10(2)16-13-11(12(14)17)8-6-9-15-13/h6,8-10H,3-5,7H2,1-2H3,(H2,14,17)(H,15,16). The molecular weight excluding hydrogens is 214 g/mol. The Morgan fingerprint density at radius 1 is 1.53 bits per heavy atom. The van der Waals surface area contributed by atoms with Gasteiger partial charge in [-0.05, 0) is 25.5 Å². The normalized spacial score (nSPS) is 12.1. The van der Waals surface area contributed by atoms with Crippen LogP contribution >= 0.6 is 0 Å². The number of hydrogen-bond donors (Lipinski definition) is 2. The second-order valence-electron chi connectivity index (χ2n) is 4.30. The van der Waals surface area contributed by atoms with Gasteiger partial charge in [-0.15, -0.1) is 0 Å². The summed E-state index contributed by atoms with van der Waals surface area (Å²) < 4.78 is 0. The lowest BCUT2D eigenvalue weighted by molar-refractivity contribution is 0.100. The fraction of sp³-hybridized carbons (Fsp3) is 0.538. The molecule has 0 fully saturated rings. The molecule has 0 saturated carbocycles. The monoisotopic (exact) mass is 235 g/mol. The zero-order valence-electron chi connectivity index (χ0n) is 10.6. The van der Waals surface area contributed by atoms with Crippen molar-refractivity contribution in [2.45, 2.75) is 45.6 Å². The minimum atomic E-state index is -0.443. The van der Waals surface area contributed by atoms with Crippen molar-refractivity contribution in [3.05, 3.63) is 23.9 Å². The lowest BCUT2D eigenvalue weighted by atomic mass is 10.1. The molecule has 0 aromatic carbocycles. The molecule has 4 nitrogen and oxygen atoms in total. The molecule has 0 radical (unpaired) electrons. The molecule has 1 atom stereocenters. The molecule has 1 aromatic heterocycles. The third-order valence-electron chi connectivity index (χ3n) is 2.70. The van der Waals surface area contributed by atoms with E-state index in [9.17, 15) is 4.79 Å². The van der Waals surface area contributed by atoms with Crippen molar-refractivity contribution < 1.29 is 4.79 Å². The average molecular weight is 235 g/mol. The van der Waals surface area contributed by atoms with E-state index in [0.29, 0.717) is 17.4 Å². The summed E-state index contributed by atoms with van der Waals surface area (Å²) in [7, 11) is 0. The number of aromatic nitrogens is 1. The third kappa shape index (κ3) is 4.43. The molecule has 0 bridgehead atoms. The maximum absolute atomic E-state index is 11.2. The maximum Gasteiger partial charge on any atom is 0.252 e. The van der Waals surface area contributed by atoms with Crippen molar-refractivity contribution in [3.63, 3.8) is 0 Å². The smallest absolute Gasteiger partial charge is 0.252 e. The lowest BCUT2D eigenvalue weighted by Crippen LogP contribution is -2.20. The highest BCUT2D eigenvalue weighted by molar-refractivity contribution is 5.97. The Bertz CT molecular complexity index is 365. The van der Waals surface area contributed by atoms with E-state index in [4.69, 9.17) is 5.73 Å². The number of hydrogen-bond acceptors (Lipinski definition) is 3. The van der Waals surface area contributed by atoms with E-state index in [1.807, 2.05) is 0 Å². The first-order valence-corrected chi connectivity index (χ1v) is 6.16. The van der Waals surface area contributed by atoms with Crippen molar-refractivity contribution in [3.8, 4) is 0 Å². The summed E-state index contributed by atoms with van der Waals surface area (Å²) in [5.74, 6) is 0.144. The summed E-state index contributed by atoms with van der Waals surface area (Å²) in [5.41, 5.74) is 5.75. The van der Waals surface area contributed by atoms with Gasteiger partial charge in [0.1, 0.15) is 5.82 Å². The molecule has 1 amide bonds. The first kappa shape index (κ1) is 13.5. The molecule has 0 spiro atoms. The fourth-order valence-electron chi connectivity index (χ4n) is 1.73. The van der Waals surface area contributed by atoms with Gasteiger partial charge in [0.05, 0.1) is 5.56 Å². The lowest BCUT2D eigenvalue weighted by Gasteiger charge is -2.15. The van der Waals surface area contributed by atoms with Crippen LogP contribution in [0.5, 0.6) is 0 Å². The number of nitrogens with zero attached hydrogens (tertiary/aromatic N) is 1. The van der Waals surface area contributed by atoms with Gasteiger partial charge < -0.3 is 11.1 Å². The van der Waals surface area contributed by atoms with E-state index < -0.39 is 5.91 Å². The summed E-state index contributed by atoms with van der Waals surface area (Å²) in [5, 5.41) is 3.24. The van der Waals surface area contributed by atoms with E-state index in [1.54, 1.807) is 18.3 Å². The van der Waals surface area contributed by atoms with Crippen LogP contribution in [0.1, 0.15) is 49.9 Å². The van der Waals surface area contributed by atoms with E-state index in [-0.39, 0.29) is 0 Å². The van der Waals surface area contributed by atoms with Crippen LogP contribution in [0.25, 0.3) is 0 Å².